The van der Waals surface area contributed by atoms with Gasteiger partial charge in [-0.1, -0.05) is 31.2 Å². The molecule has 0 fully saturated rings. The predicted octanol–water partition coefficient (Wildman–Crippen LogP) is 0.680. The lowest BCUT2D eigenvalue weighted by Gasteiger charge is -2.26. The van der Waals surface area contributed by atoms with Gasteiger partial charge in [0.05, 0.1) is 6.04 Å². The van der Waals surface area contributed by atoms with Crippen LogP contribution in [0.2, 0.25) is 0 Å². The summed E-state index contributed by atoms with van der Waals surface area (Å²) in [4.78, 5) is 23.0. The van der Waals surface area contributed by atoms with Crippen molar-refractivity contribution in [2.24, 2.45) is 0 Å². The molecule has 0 aliphatic carbocycles. The normalized spacial score (nSPS) is 19.3. The first kappa shape index (κ1) is 13.5. The largest absolute Gasteiger partial charge is 0.480 e. The number of fused-ring (bicyclic) bond motifs is 1. The molecule has 2 atom stereocenters. The van der Waals surface area contributed by atoms with Crippen molar-refractivity contribution in [1.82, 2.24) is 10.6 Å². The van der Waals surface area contributed by atoms with E-state index in [-0.39, 0.29) is 11.9 Å². The van der Waals surface area contributed by atoms with Crippen LogP contribution in [0.4, 0.5) is 0 Å². The number of carboxylic acid groups (broad SMARTS) is 1. The molecular weight excluding hydrogens is 244 g/mol. The van der Waals surface area contributed by atoms with Gasteiger partial charge in [-0.2, -0.15) is 0 Å². The summed E-state index contributed by atoms with van der Waals surface area (Å²) in [5.41, 5.74) is 2.33. The first-order chi connectivity index (χ1) is 9.11. The van der Waals surface area contributed by atoms with E-state index < -0.39 is 12.0 Å². The number of benzene rings is 1. The van der Waals surface area contributed by atoms with Crippen molar-refractivity contribution < 1.29 is 14.7 Å². The van der Waals surface area contributed by atoms with Crippen LogP contribution in [0.1, 0.15) is 24.5 Å². The maximum atomic E-state index is 12.0. The summed E-state index contributed by atoms with van der Waals surface area (Å²) in [5, 5.41) is 14.6. The number of carboxylic acids is 1. The van der Waals surface area contributed by atoms with Crippen molar-refractivity contribution >= 4 is 11.9 Å². The minimum Gasteiger partial charge on any atom is -0.480 e. The molecule has 1 amide bonds. The minimum absolute atomic E-state index is 0.247. The predicted molar refractivity (Wildman–Crippen MR) is 70.6 cm³/mol. The molecule has 102 valence electrons. The molecule has 3 N–H and O–H groups in total. The molecule has 1 aromatic carbocycles. The lowest BCUT2D eigenvalue weighted by atomic mass is 9.95. The number of rotatable bonds is 4. The average molecular weight is 262 g/mol. The van der Waals surface area contributed by atoms with Gasteiger partial charge < -0.3 is 15.7 Å². The van der Waals surface area contributed by atoms with Gasteiger partial charge >= 0.3 is 5.97 Å². The average Bonchev–Trinajstić information content (AvgIpc) is 2.43. The Bertz CT molecular complexity index is 487. The molecule has 1 aliphatic rings. The van der Waals surface area contributed by atoms with Crippen molar-refractivity contribution in [2.75, 3.05) is 0 Å². The van der Waals surface area contributed by atoms with Gasteiger partial charge in [-0.25, -0.2) is 4.79 Å². The smallest absolute Gasteiger partial charge is 0.326 e. The Morgan fingerprint density at radius 1 is 1.42 bits per heavy atom. The molecular formula is C14H18N2O3. The van der Waals surface area contributed by atoms with E-state index in [4.69, 9.17) is 5.11 Å². The Balaban J connectivity index is 2.01. The highest BCUT2D eigenvalue weighted by molar-refractivity contribution is 5.87. The molecule has 0 radical (unpaired) electrons. The van der Waals surface area contributed by atoms with E-state index >= 15 is 0 Å². The zero-order valence-electron chi connectivity index (χ0n) is 10.8. The Morgan fingerprint density at radius 3 is 2.74 bits per heavy atom. The third-order valence-electron chi connectivity index (χ3n) is 3.42. The van der Waals surface area contributed by atoms with Crippen molar-refractivity contribution in [1.29, 1.82) is 0 Å². The number of carbonyl (C=O) groups excluding carboxylic acids is 1. The maximum Gasteiger partial charge on any atom is 0.326 e. The number of nitrogens with one attached hydrogen (secondary N) is 2. The van der Waals surface area contributed by atoms with Crippen molar-refractivity contribution in [3.8, 4) is 0 Å². The number of hydrogen-bond donors (Lipinski definition) is 3. The molecule has 0 saturated heterocycles. The van der Waals surface area contributed by atoms with Gasteiger partial charge in [0.2, 0.25) is 5.91 Å². The van der Waals surface area contributed by atoms with Gasteiger partial charge in [0.15, 0.2) is 0 Å². The van der Waals surface area contributed by atoms with Gasteiger partial charge in [0.25, 0.3) is 0 Å². The molecule has 5 heteroatoms. The molecule has 2 rings (SSSR count). The number of amides is 1. The molecule has 0 bridgehead atoms. The lowest BCUT2D eigenvalue weighted by molar-refractivity contribution is -0.142. The first-order valence-electron chi connectivity index (χ1n) is 6.45. The summed E-state index contributed by atoms with van der Waals surface area (Å²) in [6, 6.07) is 6.78. The quantitative estimate of drug-likeness (QED) is 0.745. The standard InChI is InChI=1S/C14H18N2O3/c1-2-11(14(18)19)16-13(17)12-7-9-5-3-4-6-10(9)8-15-12/h3-6,11-12,15H,2,7-8H2,1H3,(H,16,17)(H,18,19)/t11-,12?/m1/s1. The molecule has 0 aromatic heterocycles. The van der Waals surface area contributed by atoms with Crippen molar-refractivity contribution in [2.45, 2.75) is 38.4 Å². The number of carbonyl (C=O) groups is 2. The van der Waals surface area contributed by atoms with Crippen LogP contribution >= 0.6 is 0 Å². The fraction of sp³-hybridized carbons (Fsp3) is 0.429. The summed E-state index contributed by atoms with van der Waals surface area (Å²) in [6.07, 6.45) is 0.975. The third kappa shape index (κ3) is 3.12. The summed E-state index contributed by atoms with van der Waals surface area (Å²) in [7, 11) is 0. The van der Waals surface area contributed by atoms with Crippen LogP contribution in [-0.4, -0.2) is 29.1 Å². The lowest BCUT2D eigenvalue weighted by Crippen LogP contribution is -2.52. The van der Waals surface area contributed by atoms with Crippen molar-refractivity contribution in [3.05, 3.63) is 35.4 Å². The van der Waals surface area contributed by atoms with Crippen LogP contribution in [-0.2, 0) is 22.6 Å². The zero-order valence-corrected chi connectivity index (χ0v) is 10.8. The van der Waals surface area contributed by atoms with Crippen LogP contribution in [0, 0.1) is 0 Å². The second-order valence-corrected chi connectivity index (χ2v) is 4.71. The Kier molecular flexibility index (Phi) is 4.16. The van der Waals surface area contributed by atoms with Crippen molar-refractivity contribution in [3.63, 3.8) is 0 Å². The van der Waals surface area contributed by atoms with Gasteiger partial charge in [0.1, 0.15) is 6.04 Å². The van der Waals surface area contributed by atoms with Crippen LogP contribution in [0.25, 0.3) is 0 Å². The van der Waals surface area contributed by atoms with Gasteiger partial charge in [-0.3, -0.25) is 4.79 Å². The molecule has 1 aromatic rings. The number of hydrogen-bond acceptors (Lipinski definition) is 3. The van der Waals surface area contributed by atoms with Crippen LogP contribution in [0.15, 0.2) is 24.3 Å². The SMILES string of the molecule is CC[C@@H](NC(=O)C1Cc2ccccc2CN1)C(=O)O. The highest BCUT2D eigenvalue weighted by Crippen LogP contribution is 2.16. The summed E-state index contributed by atoms with van der Waals surface area (Å²) < 4.78 is 0. The maximum absolute atomic E-state index is 12.0. The molecule has 5 nitrogen and oxygen atoms in total. The molecule has 0 saturated carbocycles. The van der Waals surface area contributed by atoms with Crippen LogP contribution in [0.5, 0.6) is 0 Å². The highest BCUT2D eigenvalue weighted by atomic mass is 16.4. The zero-order chi connectivity index (χ0) is 13.8. The van der Waals surface area contributed by atoms with E-state index in [1.165, 1.54) is 5.56 Å². The van der Waals surface area contributed by atoms with Gasteiger partial charge in [0, 0.05) is 6.54 Å². The monoisotopic (exact) mass is 262 g/mol. The third-order valence-corrected chi connectivity index (χ3v) is 3.42. The van der Waals surface area contributed by atoms with Gasteiger partial charge in [-0.15, -0.1) is 0 Å². The second kappa shape index (κ2) is 5.84. The molecule has 1 unspecified atom stereocenters. The summed E-state index contributed by atoms with van der Waals surface area (Å²) >= 11 is 0. The Hall–Kier alpha value is -1.88. The van der Waals surface area contributed by atoms with E-state index in [0.717, 1.165) is 5.56 Å². The van der Waals surface area contributed by atoms with E-state index in [0.29, 0.717) is 19.4 Å². The second-order valence-electron chi connectivity index (χ2n) is 4.71. The fourth-order valence-electron chi connectivity index (χ4n) is 2.25. The molecule has 0 spiro atoms. The molecule has 1 aliphatic heterocycles. The Morgan fingerprint density at radius 2 is 2.11 bits per heavy atom. The first-order valence-corrected chi connectivity index (χ1v) is 6.45. The topological polar surface area (TPSA) is 78.4 Å². The summed E-state index contributed by atoms with van der Waals surface area (Å²) in [5.74, 6) is -1.24. The van der Waals surface area contributed by atoms with Gasteiger partial charge in [-0.05, 0) is 24.0 Å². The minimum atomic E-state index is -0.993. The van der Waals surface area contributed by atoms with E-state index in [9.17, 15) is 9.59 Å². The molecule has 1 heterocycles. The van der Waals surface area contributed by atoms with Crippen LogP contribution < -0.4 is 10.6 Å². The summed E-state index contributed by atoms with van der Waals surface area (Å²) in [6.45, 7) is 2.38. The fourth-order valence-corrected chi connectivity index (χ4v) is 2.25. The van der Waals surface area contributed by atoms with Crippen LogP contribution in [0.3, 0.4) is 0 Å². The highest BCUT2D eigenvalue weighted by Gasteiger charge is 2.27. The molecule has 19 heavy (non-hydrogen) atoms. The number of aliphatic carboxylic acids is 1. The van der Waals surface area contributed by atoms with E-state index in [1.807, 2.05) is 24.3 Å². The Labute approximate surface area is 112 Å². The van der Waals surface area contributed by atoms with E-state index in [2.05, 4.69) is 10.6 Å². The van der Waals surface area contributed by atoms with E-state index in [1.54, 1.807) is 6.92 Å².